The van der Waals surface area contributed by atoms with Crippen LogP contribution in [0.4, 0.5) is 4.39 Å². The van der Waals surface area contributed by atoms with Crippen molar-refractivity contribution in [3.8, 4) is 0 Å². The van der Waals surface area contributed by atoms with Gasteiger partial charge in [0, 0.05) is 19.1 Å². The number of hydrogen-bond donors (Lipinski definition) is 0. The Balaban J connectivity index is 1.85. The van der Waals surface area contributed by atoms with Crippen LogP contribution in [0, 0.1) is 5.82 Å². The molecule has 0 aromatic heterocycles. The van der Waals surface area contributed by atoms with Crippen LogP contribution in [0.2, 0.25) is 0 Å². The van der Waals surface area contributed by atoms with Gasteiger partial charge < -0.3 is 9.47 Å². The zero-order valence-corrected chi connectivity index (χ0v) is 12.5. The van der Waals surface area contributed by atoms with Gasteiger partial charge in [-0.25, -0.2) is 9.18 Å². The van der Waals surface area contributed by atoms with E-state index >= 15 is 0 Å². The van der Waals surface area contributed by atoms with Crippen LogP contribution < -0.4 is 0 Å². The first kappa shape index (κ1) is 15.9. The van der Waals surface area contributed by atoms with Gasteiger partial charge in [0.05, 0.1) is 13.7 Å². The normalized spacial score (nSPS) is 21.0. The van der Waals surface area contributed by atoms with Crippen molar-refractivity contribution in [1.82, 2.24) is 4.90 Å². The number of methoxy groups -OCH3 is 1. The summed E-state index contributed by atoms with van der Waals surface area (Å²) in [7, 11) is 1.37. The highest BCUT2D eigenvalue weighted by Crippen LogP contribution is 2.15. The third-order valence-electron chi connectivity index (χ3n) is 3.93. The molecule has 0 aliphatic carbocycles. The van der Waals surface area contributed by atoms with E-state index in [-0.39, 0.29) is 11.8 Å². The van der Waals surface area contributed by atoms with E-state index in [0.29, 0.717) is 19.2 Å². The summed E-state index contributed by atoms with van der Waals surface area (Å²) < 4.78 is 23.3. The minimum absolute atomic E-state index is 0.197. The van der Waals surface area contributed by atoms with Crippen LogP contribution in [0.3, 0.4) is 0 Å². The molecule has 1 saturated heterocycles. The summed E-state index contributed by atoms with van der Waals surface area (Å²) in [6.45, 7) is 4.01. The second-order valence-corrected chi connectivity index (χ2v) is 5.40. The average Bonchev–Trinajstić information content (AvgIpc) is 2.52. The molecule has 0 spiro atoms. The molecule has 21 heavy (non-hydrogen) atoms. The van der Waals surface area contributed by atoms with Crippen molar-refractivity contribution < 1.29 is 18.7 Å². The average molecular weight is 295 g/mol. The fourth-order valence-corrected chi connectivity index (χ4v) is 2.59. The predicted molar refractivity (Wildman–Crippen MR) is 77.5 cm³/mol. The Bertz CT molecular complexity index is 480. The van der Waals surface area contributed by atoms with Crippen molar-refractivity contribution in [3.05, 3.63) is 35.6 Å². The van der Waals surface area contributed by atoms with Crippen molar-refractivity contribution in [2.75, 3.05) is 26.8 Å². The molecule has 1 fully saturated rings. The SMILES string of the molecule is COC(=O)[C@@H]1CN([C@H](C)CCc2cccc(F)c2)CCO1. The second-order valence-electron chi connectivity index (χ2n) is 5.40. The molecule has 0 saturated carbocycles. The Morgan fingerprint density at radius 3 is 3.10 bits per heavy atom. The molecule has 1 aliphatic heterocycles. The lowest BCUT2D eigenvalue weighted by atomic mass is 10.0. The molecular formula is C16H22FNO3. The quantitative estimate of drug-likeness (QED) is 0.779. The third-order valence-corrected chi connectivity index (χ3v) is 3.93. The van der Waals surface area contributed by atoms with Gasteiger partial charge in [-0.2, -0.15) is 0 Å². The van der Waals surface area contributed by atoms with Crippen LogP contribution in [0.1, 0.15) is 18.9 Å². The standard InChI is InChI=1S/C16H22FNO3/c1-12(6-7-13-4-3-5-14(17)10-13)18-8-9-21-15(11-18)16(19)20-2/h3-5,10,12,15H,6-9,11H2,1-2H3/t12-,15+/m1/s1. The summed E-state index contributed by atoms with van der Waals surface area (Å²) in [6, 6.07) is 7.01. The smallest absolute Gasteiger partial charge is 0.336 e. The molecule has 2 rings (SSSR count). The molecule has 1 heterocycles. The molecule has 0 unspecified atom stereocenters. The van der Waals surface area contributed by atoms with E-state index in [1.807, 2.05) is 6.07 Å². The van der Waals surface area contributed by atoms with Crippen LogP contribution in [-0.4, -0.2) is 49.8 Å². The van der Waals surface area contributed by atoms with Crippen molar-refractivity contribution in [1.29, 1.82) is 0 Å². The van der Waals surface area contributed by atoms with Gasteiger partial charge in [-0.1, -0.05) is 12.1 Å². The lowest BCUT2D eigenvalue weighted by molar-refractivity contribution is -0.160. The van der Waals surface area contributed by atoms with E-state index in [1.165, 1.54) is 13.2 Å². The van der Waals surface area contributed by atoms with E-state index in [0.717, 1.165) is 24.9 Å². The fourth-order valence-electron chi connectivity index (χ4n) is 2.59. The zero-order valence-electron chi connectivity index (χ0n) is 12.5. The molecular weight excluding hydrogens is 273 g/mol. The largest absolute Gasteiger partial charge is 0.467 e. The molecule has 0 radical (unpaired) electrons. The summed E-state index contributed by atoms with van der Waals surface area (Å²) >= 11 is 0. The maximum Gasteiger partial charge on any atom is 0.336 e. The van der Waals surface area contributed by atoms with Gasteiger partial charge in [0.15, 0.2) is 6.10 Å². The van der Waals surface area contributed by atoms with Gasteiger partial charge in [-0.3, -0.25) is 4.90 Å². The number of carbonyl (C=O) groups is 1. The van der Waals surface area contributed by atoms with E-state index in [2.05, 4.69) is 11.8 Å². The van der Waals surface area contributed by atoms with Gasteiger partial charge in [-0.15, -0.1) is 0 Å². The monoisotopic (exact) mass is 295 g/mol. The number of halogens is 1. The van der Waals surface area contributed by atoms with Crippen LogP contribution in [-0.2, 0) is 20.7 Å². The molecule has 0 amide bonds. The fraction of sp³-hybridized carbons (Fsp3) is 0.562. The number of nitrogens with zero attached hydrogens (tertiary/aromatic N) is 1. The lowest BCUT2D eigenvalue weighted by Gasteiger charge is -2.35. The predicted octanol–water partition coefficient (Wildman–Crippen LogP) is 2.02. The van der Waals surface area contributed by atoms with E-state index in [4.69, 9.17) is 9.47 Å². The minimum Gasteiger partial charge on any atom is -0.467 e. The van der Waals surface area contributed by atoms with Crippen LogP contribution in [0.5, 0.6) is 0 Å². The molecule has 1 aromatic rings. The van der Waals surface area contributed by atoms with E-state index < -0.39 is 6.10 Å². The lowest BCUT2D eigenvalue weighted by Crippen LogP contribution is -2.49. The van der Waals surface area contributed by atoms with Crippen LogP contribution in [0.15, 0.2) is 24.3 Å². The van der Waals surface area contributed by atoms with Gasteiger partial charge >= 0.3 is 5.97 Å². The Kier molecular flexibility index (Phi) is 5.70. The maximum absolute atomic E-state index is 13.1. The van der Waals surface area contributed by atoms with Gasteiger partial charge in [-0.05, 0) is 37.5 Å². The molecule has 1 aliphatic rings. The number of ether oxygens (including phenoxy) is 2. The van der Waals surface area contributed by atoms with Crippen LogP contribution >= 0.6 is 0 Å². The summed E-state index contributed by atoms with van der Waals surface area (Å²) in [5, 5.41) is 0. The Hall–Kier alpha value is -1.46. The minimum atomic E-state index is -0.500. The van der Waals surface area contributed by atoms with Crippen molar-refractivity contribution in [2.45, 2.75) is 31.9 Å². The Labute approximate surface area is 124 Å². The highest BCUT2D eigenvalue weighted by atomic mass is 19.1. The van der Waals surface area contributed by atoms with Crippen molar-refractivity contribution >= 4 is 5.97 Å². The summed E-state index contributed by atoms with van der Waals surface area (Å²) in [4.78, 5) is 13.8. The number of morpholine rings is 1. The first-order valence-electron chi connectivity index (χ1n) is 7.28. The van der Waals surface area contributed by atoms with Gasteiger partial charge in [0.2, 0.25) is 0 Å². The first-order valence-corrected chi connectivity index (χ1v) is 7.28. The number of aryl methyl sites for hydroxylation is 1. The molecule has 2 atom stereocenters. The van der Waals surface area contributed by atoms with Crippen molar-refractivity contribution in [2.24, 2.45) is 0 Å². The summed E-state index contributed by atoms with van der Waals surface area (Å²) in [5.74, 6) is -0.519. The summed E-state index contributed by atoms with van der Waals surface area (Å²) in [6.07, 6.45) is 1.23. The number of esters is 1. The number of benzene rings is 1. The Morgan fingerprint density at radius 1 is 1.57 bits per heavy atom. The van der Waals surface area contributed by atoms with Gasteiger partial charge in [0.25, 0.3) is 0 Å². The molecule has 0 N–H and O–H groups in total. The number of rotatable bonds is 5. The van der Waals surface area contributed by atoms with E-state index in [1.54, 1.807) is 12.1 Å². The maximum atomic E-state index is 13.1. The highest BCUT2D eigenvalue weighted by molar-refractivity contribution is 5.74. The number of hydrogen-bond acceptors (Lipinski definition) is 4. The van der Waals surface area contributed by atoms with Crippen molar-refractivity contribution in [3.63, 3.8) is 0 Å². The molecule has 1 aromatic carbocycles. The zero-order chi connectivity index (χ0) is 15.2. The van der Waals surface area contributed by atoms with E-state index in [9.17, 15) is 9.18 Å². The second kappa shape index (κ2) is 7.52. The topological polar surface area (TPSA) is 38.8 Å². The summed E-state index contributed by atoms with van der Waals surface area (Å²) in [5.41, 5.74) is 1.000. The molecule has 5 heteroatoms. The molecule has 116 valence electrons. The Morgan fingerprint density at radius 2 is 2.38 bits per heavy atom. The number of carbonyl (C=O) groups excluding carboxylic acids is 1. The molecule has 4 nitrogen and oxygen atoms in total. The third kappa shape index (κ3) is 4.51. The highest BCUT2D eigenvalue weighted by Gasteiger charge is 2.29. The first-order chi connectivity index (χ1) is 10.1. The molecule has 0 bridgehead atoms. The van der Waals surface area contributed by atoms with Gasteiger partial charge in [0.1, 0.15) is 5.82 Å². The van der Waals surface area contributed by atoms with Crippen LogP contribution in [0.25, 0.3) is 0 Å².